The lowest BCUT2D eigenvalue weighted by atomic mass is 9.76. The molecule has 0 radical (unpaired) electrons. The van der Waals surface area contributed by atoms with E-state index in [0.29, 0.717) is 0 Å². The van der Waals surface area contributed by atoms with Crippen molar-refractivity contribution in [1.82, 2.24) is 10.2 Å². The number of amides is 3. The number of aliphatic hydroxyl groups excluding tert-OH is 1. The van der Waals surface area contributed by atoms with E-state index in [2.05, 4.69) is 5.32 Å². The predicted octanol–water partition coefficient (Wildman–Crippen LogP) is -0.547. The summed E-state index contributed by atoms with van der Waals surface area (Å²) in [5, 5.41) is 11.6. The summed E-state index contributed by atoms with van der Waals surface area (Å²) < 4.78 is 0. The van der Waals surface area contributed by atoms with Crippen molar-refractivity contribution in [2.45, 2.75) is 24.8 Å². The first kappa shape index (κ1) is 8.50. The third kappa shape index (κ3) is 1.03. The Morgan fingerprint density at radius 2 is 2.15 bits per heavy atom. The number of aliphatic hydroxyl groups is 1. The molecule has 72 valence electrons. The number of carbonyl (C=O) groups is 2. The van der Waals surface area contributed by atoms with E-state index in [4.69, 9.17) is 5.11 Å². The number of urea groups is 1. The highest BCUT2D eigenvalue weighted by Gasteiger charge is 2.49. The average molecular weight is 184 g/mol. The zero-order chi connectivity index (χ0) is 9.47. The lowest BCUT2D eigenvalue weighted by Crippen LogP contribution is -2.58. The summed E-state index contributed by atoms with van der Waals surface area (Å²) in [5.41, 5.74) is -0.586. The zero-order valence-corrected chi connectivity index (χ0v) is 7.25. The molecule has 1 saturated carbocycles. The van der Waals surface area contributed by atoms with Crippen LogP contribution < -0.4 is 5.32 Å². The van der Waals surface area contributed by atoms with Crippen molar-refractivity contribution < 1.29 is 14.7 Å². The van der Waals surface area contributed by atoms with Gasteiger partial charge in [-0.05, 0) is 19.3 Å². The van der Waals surface area contributed by atoms with Crippen LogP contribution in [-0.4, -0.2) is 40.6 Å². The van der Waals surface area contributed by atoms with Crippen LogP contribution in [0, 0.1) is 0 Å². The minimum atomic E-state index is -0.586. The first-order valence-electron chi connectivity index (χ1n) is 4.41. The van der Waals surface area contributed by atoms with Crippen LogP contribution in [-0.2, 0) is 4.79 Å². The maximum Gasteiger partial charge on any atom is 0.325 e. The van der Waals surface area contributed by atoms with Gasteiger partial charge in [-0.25, -0.2) is 4.79 Å². The van der Waals surface area contributed by atoms with Gasteiger partial charge in [0.15, 0.2) is 0 Å². The third-order valence-corrected chi connectivity index (χ3v) is 2.90. The second-order valence-electron chi connectivity index (χ2n) is 3.62. The molecule has 0 atom stereocenters. The Kier molecular flexibility index (Phi) is 1.76. The molecule has 1 heterocycles. The van der Waals surface area contributed by atoms with Crippen molar-refractivity contribution in [3.8, 4) is 0 Å². The number of hydrogen-bond acceptors (Lipinski definition) is 3. The molecule has 1 aliphatic carbocycles. The first-order valence-corrected chi connectivity index (χ1v) is 4.41. The van der Waals surface area contributed by atoms with E-state index in [1.807, 2.05) is 0 Å². The normalized spacial score (nSPS) is 25.8. The van der Waals surface area contributed by atoms with Gasteiger partial charge in [-0.3, -0.25) is 9.69 Å². The molecule has 3 amide bonds. The highest BCUT2D eigenvalue weighted by Crippen LogP contribution is 2.38. The fraction of sp³-hybridized carbons (Fsp3) is 0.750. The molecule has 0 spiro atoms. The van der Waals surface area contributed by atoms with Gasteiger partial charge in [-0.15, -0.1) is 0 Å². The van der Waals surface area contributed by atoms with Crippen molar-refractivity contribution in [3.63, 3.8) is 0 Å². The molecule has 1 saturated heterocycles. The van der Waals surface area contributed by atoms with Crippen molar-refractivity contribution >= 4 is 11.9 Å². The summed E-state index contributed by atoms with van der Waals surface area (Å²) in [7, 11) is 0. The Morgan fingerprint density at radius 3 is 2.46 bits per heavy atom. The van der Waals surface area contributed by atoms with E-state index in [1.165, 1.54) is 4.90 Å². The molecule has 0 aromatic heterocycles. The maximum atomic E-state index is 11.3. The zero-order valence-electron chi connectivity index (χ0n) is 7.25. The molecule has 13 heavy (non-hydrogen) atoms. The molecule has 1 aliphatic heterocycles. The molecule has 2 N–H and O–H groups in total. The third-order valence-electron chi connectivity index (χ3n) is 2.90. The van der Waals surface area contributed by atoms with Crippen LogP contribution in [0.5, 0.6) is 0 Å². The maximum absolute atomic E-state index is 11.3. The summed E-state index contributed by atoms with van der Waals surface area (Å²) in [4.78, 5) is 23.8. The number of imide groups is 1. The molecule has 0 aromatic carbocycles. The van der Waals surface area contributed by atoms with Crippen LogP contribution in [0.3, 0.4) is 0 Å². The lowest BCUT2D eigenvalue weighted by Gasteiger charge is -2.45. The molecule has 5 heteroatoms. The second-order valence-corrected chi connectivity index (χ2v) is 3.62. The highest BCUT2D eigenvalue weighted by atomic mass is 16.3. The molecule has 0 unspecified atom stereocenters. The number of rotatable bonds is 2. The monoisotopic (exact) mass is 184 g/mol. The smallest absolute Gasteiger partial charge is 0.325 e. The number of nitrogens with one attached hydrogen (secondary N) is 1. The topological polar surface area (TPSA) is 69.6 Å². The van der Waals surface area contributed by atoms with Gasteiger partial charge in [0.05, 0.1) is 18.7 Å². The van der Waals surface area contributed by atoms with E-state index >= 15 is 0 Å². The highest BCUT2D eigenvalue weighted by molar-refractivity contribution is 6.02. The standard InChI is InChI=1S/C8H12N2O3/c11-5-8(2-1-3-8)10-6(12)4-9-7(10)13/h11H,1-5H2,(H,9,13). The van der Waals surface area contributed by atoms with E-state index < -0.39 is 5.54 Å². The van der Waals surface area contributed by atoms with E-state index in [-0.39, 0.29) is 25.1 Å². The average Bonchev–Trinajstić information content (AvgIpc) is 2.35. The predicted molar refractivity (Wildman–Crippen MR) is 43.9 cm³/mol. The van der Waals surface area contributed by atoms with Gasteiger partial charge < -0.3 is 10.4 Å². The Labute approximate surface area is 75.7 Å². The van der Waals surface area contributed by atoms with Crippen molar-refractivity contribution in [2.24, 2.45) is 0 Å². The summed E-state index contributed by atoms with van der Waals surface area (Å²) in [6.45, 7) is -0.0489. The molecule has 2 aliphatic rings. The second kappa shape index (κ2) is 2.70. The number of nitrogens with zero attached hydrogens (tertiary/aromatic N) is 1. The van der Waals surface area contributed by atoms with Crippen molar-refractivity contribution in [2.75, 3.05) is 13.2 Å². The van der Waals surface area contributed by atoms with Crippen molar-refractivity contribution in [3.05, 3.63) is 0 Å². The van der Waals surface area contributed by atoms with E-state index in [0.717, 1.165) is 19.3 Å². The Hall–Kier alpha value is -1.10. The summed E-state index contributed by atoms with van der Waals surface area (Å²) in [5.74, 6) is -0.223. The fourth-order valence-electron chi connectivity index (χ4n) is 1.94. The van der Waals surface area contributed by atoms with Gasteiger partial charge in [-0.2, -0.15) is 0 Å². The molecule has 5 nitrogen and oxygen atoms in total. The van der Waals surface area contributed by atoms with Crippen LogP contribution in [0.4, 0.5) is 4.79 Å². The lowest BCUT2D eigenvalue weighted by molar-refractivity contribution is -0.134. The van der Waals surface area contributed by atoms with Crippen LogP contribution in [0.1, 0.15) is 19.3 Å². The summed E-state index contributed by atoms with van der Waals surface area (Å²) in [6.07, 6.45) is 2.42. The minimum Gasteiger partial charge on any atom is -0.394 e. The quantitative estimate of drug-likeness (QED) is 0.566. The van der Waals surface area contributed by atoms with Gasteiger partial charge >= 0.3 is 6.03 Å². The fourth-order valence-corrected chi connectivity index (χ4v) is 1.94. The van der Waals surface area contributed by atoms with Gasteiger partial charge in [0.2, 0.25) is 0 Å². The van der Waals surface area contributed by atoms with Gasteiger partial charge in [0.25, 0.3) is 5.91 Å². The molecule has 2 rings (SSSR count). The van der Waals surface area contributed by atoms with Gasteiger partial charge in [0, 0.05) is 0 Å². The van der Waals surface area contributed by atoms with Crippen LogP contribution >= 0.6 is 0 Å². The van der Waals surface area contributed by atoms with E-state index in [1.54, 1.807) is 0 Å². The molecular weight excluding hydrogens is 172 g/mol. The summed E-state index contributed by atoms with van der Waals surface area (Å²) in [6, 6.07) is -0.362. The molecule has 0 bridgehead atoms. The number of carbonyl (C=O) groups excluding carboxylic acids is 2. The van der Waals surface area contributed by atoms with E-state index in [9.17, 15) is 9.59 Å². The van der Waals surface area contributed by atoms with Crippen LogP contribution in [0.25, 0.3) is 0 Å². The molecule has 0 aromatic rings. The Bertz CT molecular complexity index is 239. The number of hydrogen-bond donors (Lipinski definition) is 2. The van der Waals surface area contributed by atoms with Crippen LogP contribution in [0.2, 0.25) is 0 Å². The molecule has 2 fully saturated rings. The van der Waals surface area contributed by atoms with Crippen LogP contribution in [0.15, 0.2) is 0 Å². The van der Waals surface area contributed by atoms with Gasteiger partial charge in [-0.1, -0.05) is 0 Å². The Balaban J connectivity index is 2.22. The summed E-state index contributed by atoms with van der Waals surface area (Å²) >= 11 is 0. The SMILES string of the molecule is O=C1CNC(=O)N1C1(CO)CCC1. The van der Waals surface area contributed by atoms with Crippen molar-refractivity contribution in [1.29, 1.82) is 0 Å². The van der Waals surface area contributed by atoms with Gasteiger partial charge in [0.1, 0.15) is 0 Å². The molecular formula is C8H12N2O3. The Morgan fingerprint density at radius 1 is 1.46 bits per heavy atom. The first-order chi connectivity index (χ1) is 6.19. The minimum absolute atomic E-state index is 0.0700. The largest absolute Gasteiger partial charge is 0.394 e.